The van der Waals surface area contributed by atoms with Crippen molar-refractivity contribution in [3.63, 3.8) is 0 Å². The van der Waals surface area contributed by atoms with Gasteiger partial charge in [0.2, 0.25) is 5.91 Å². The van der Waals surface area contributed by atoms with Gasteiger partial charge in [0.25, 0.3) is 0 Å². The predicted octanol–water partition coefficient (Wildman–Crippen LogP) is 2.56. The van der Waals surface area contributed by atoms with Crippen LogP contribution in [0.15, 0.2) is 41.2 Å². The van der Waals surface area contributed by atoms with E-state index in [9.17, 15) is 9.90 Å². The summed E-state index contributed by atoms with van der Waals surface area (Å²) in [5, 5.41) is 10.8. The molecule has 3 fully saturated rings. The molecule has 2 aliphatic heterocycles. The molecule has 3 aliphatic carbocycles. The van der Waals surface area contributed by atoms with Crippen LogP contribution < -0.4 is 9.64 Å². The average molecular weight is 462 g/mol. The third-order valence-electron chi connectivity index (χ3n) is 9.59. The molecule has 1 amide bonds. The second kappa shape index (κ2) is 7.38. The van der Waals surface area contributed by atoms with E-state index < -0.39 is 0 Å². The Morgan fingerprint density at radius 3 is 2.94 bits per heavy atom. The summed E-state index contributed by atoms with van der Waals surface area (Å²) in [5.41, 5.74) is 3.41. The number of nitrogens with zero attached hydrogens (tertiary/aromatic N) is 1. The molecule has 6 atom stereocenters. The molecule has 2 N–H and O–H groups in total. The predicted molar refractivity (Wildman–Crippen MR) is 127 cm³/mol. The van der Waals surface area contributed by atoms with Gasteiger partial charge in [0.1, 0.15) is 6.10 Å². The Kier molecular flexibility index (Phi) is 4.48. The number of piperidine rings is 1. The average Bonchev–Trinajstić information content (AvgIpc) is 3.36. The normalized spacial score (nSPS) is 35.1. The fraction of sp³-hybridized carbons (Fsp3) is 0.536. The third-order valence-corrected chi connectivity index (χ3v) is 9.59. The molecule has 3 heterocycles. The number of phenols is 1. The molecular formula is C28H33N2O4+. The number of rotatable bonds is 5. The van der Waals surface area contributed by atoms with Crippen molar-refractivity contribution >= 4 is 12.0 Å². The summed E-state index contributed by atoms with van der Waals surface area (Å²) >= 11 is 0. The van der Waals surface area contributed by atoms with Crippen LogP contribution in [0.25, 0.3) is 6.08 Å². The minimum Gasteiger partial charge on any atom is -0.504 e. The van der Waals surface area contributed by atoms with E-state index in [-0.39, 0.29) is 29.2 Å². The Hall–Kier alpha value is -2.73. The van der Waals surface area contributed by atoms with Gasteiger partial charge in [-0.3, -0.25) is 4.79 Å². The highest BCUT2D eigenvalue weighted by Crippen LogP contribution is 2.62. The number of furan rings is 1. The molecule has 1 saturated heterocycles. The lowest BCUT2D eigenvalue weighted by Crippen LogP contribution is -3.19. The first-order chi connectivity index (χ1) is 16.6. The topological polar surface area (TPSA) is 67.4 Å². The molecule has 1 aromatic carbocycles. The van der Waals surface area contributed by atoms with Crippen molar-refractivity contribution in [3.8, 4) is 11.5 Å². The van der Waals surface area contributed by atoms with Crippen LogP contribution in [-0.2, 0) is 16.6 Å². The van der Waals surface area contributed by atoms with E-state index >= 15 is 0 Å². The minimum absolute atomic E-state index is 0.0128. The van der Waals surface area contributed by atoms with Gasteiger partial charge < -0.3 is 24.1 Å². The Morgan fingerprint density at radius 1 is 1.26 bits per heavy atom. The summed E-state index contributed by atoms with van der Waals surface area (Å²) < 4.78 is 11.8. The molecule has 2 bridgehead atoms. The maximum absolute atomic E-state index is 13.2. The number of aromatic hydroxyl groups is 1. The Morgan fingerprint density at radius 2 is 2.15 bits per heavy atom. The lowest BCUT2D eigenvalue weighted by molar-refractivity contribution is -0.939. The van der Waals surface area contributed by atoms with Crippen molar-refractivity contribution in [2.75, 3.05) is 20.1 Å². The van der Waals surface area contributed by atoms with Gasteiger partial charge in [0.05, 0.1) is 43.1 Å². The van der Waals surface area contributed by atoms with Crippen LogP contribution in [0.2, 0.25) is 0 Å². The third kappa shape index (κ3) is 2.87. The van der Waals surface area contributed by atoms with Crippen LogP contribution >= 0.6 is 0 Å². The zero-order valence-corrected chi connectivity index (χ0v) is 19.7. The van der Waals surface area contributed by atoms with E-state index in [4.69, 9.17) is 9.15 Å². The highest BCUT2D eigenvalue weighted by atomic mass is 16.5. The fourth-order valence-corrected chi connectivity index (χ4v) is 7.90. The molecule has 178 valence electrons. The molecule has 5 aliphatic rings. The van der Waals surface area contributed by atoms with Crippen molar-refractivity contribution in [2.45, 2.75) is 62.1 Å². The lowest BCUT2D eigenvalue weighted by atomic mass is 9.51. The van der Waals surface area contributed by atoms with Gasteiger partial charge in [-0.2, -0.15) is 0 Å². The van der Waals surface area contributed by atoms with Gasteiger partial charge in [-0.15, -0.1) is 0 Å². The number of carbonyl (C=O) groups is 1. The van der Waals surface area contributed by atoms with Gasteiger partial charge >= 0.3 is 0 Å². The summed E-state index contributed by atoms with van der Waals surface area (Å²) in [6.45, 7) is 2.47. The van der Waals surface area contributed by atoms with Crippen LogP contribution in [0, 0.1) is 11.8 Å². The second-order valence-corrected chi connectivity index (χ2v) is 11.2. The van der Waals surface area contributed by atoms with Crippen LogP contribution in [0.4, 0.5) is 0 Å². The largest absolute Gasteiger partial charge is 0.504 e. The first kappa shape index (κ1) is 20.6. The van der Waals surface area contributed by atoms with E-state index in [0.717, 1.165) is 43.7 Å². The molecular weight excluding hydrogens is 428 g/mol. The summed E-state index contributed by atoms with van der Waals surface area (Å²) in [4.78, 5) is 16.8. The summed E-state index contributed by atoms with van der Waals surface area (Å²) in [6.07, 6.45) is 13.6. The molecule has 1 spiro atoms. The number of likely N-dealkylation sites (tertiary alicyclic amines) is 1. The number of likely N-dealkylation sites (N-methyl/N-ethyl adjacent to an activating group) is 1. The quantitative estimate of drug-likeness (QED) is 0.672. The van der Waals surface area contributed by atoms with E-state index in [1.165, 1.54) is 30.5 Å². The molecule has 0 radical (unpaired) electrons. The van der Waals surface area contributed by atoms with Crippen molar-refractivity contribution < 1.29 is 24.0 Å². The number of nitrogens with one attached hydrogen (secondary N) is 1. The molecule has 6 heteroatoms. The van der Waals surface area contributed by atoms with Crippen LogP contribution in [-0.4, -0.2) is 54.2 Å². The SMILES string of the molecule is CN(C(=O)/C=C/c1ccoc1)[C@H]1CC[C@H]2[C@H]3Cc4ccc(O)c5c4[C@@]2(CC[NH+]3CC2CC2)[C@H]1O5. The van der Waals surface area contributed by atoms with E-state index in [1.54, 1.807) is 29.6 Å². The van der Waals surface area contributed by atoms with E-state index in [2.05, 4.69) is 6.07 Å². The second-order valence-electron chi connectivity index (χ2n) is 11.2. The van der Waals surface area contributed by atoms with Gasteiger partial charge in [-0.1, -0.05) is 6.07 Å². The Labute approximate surface area is 200 Å². The minimum atomic E-state index is -0.102. The Bertz CT molecular complexity index is 1150. The molecule has 1 aromatic heterocycles. The maximum Gasteiger partial charge on any atom is 0.246 e. The number of quaternary nitrogens is 1. The molecule has 34 heavy (non-hydrogen) atoms. The van der Waals surface area contributed by atoms with Crippen molar-refractivity contribution in [1.82, 2.24) is 4.90 Å². The summed E-state index contributed by atoms with van der Waals surface area (Å²) in [6, 6.07) is 6.40. The first-order valence-corrected chi connectivity index (χ1v) is 12.9. The number of hydrogen-bond acceptors (Lipinski definition) is 4. The lowest BCUT2D eigenvalue weighted by Gasteiger charge is -2.58. The van der Waals surface area contributed by atoms with Gasteiger partial charge in [0, 0.05) is 48.9 Å². The zero-order chi connectivity index (χ0) is 23.0. The van der Waals surface area contributed by atoms with Crippen LogP contribution in [0.3, 0.4) is 0 Å². The molecule has 7 rings (SSSR count). The number of benzene rings is 1. The number of hydrogen-bond donors (Lipinski definition) is 2. The van der Waals surface area contributed by atoms with Gasteiger partial charge in [-0.05, 0) is 49.5 Å². The monoisotopic (exact) mass is 461 g/mol. The zero-order valence-electron chi connectivity index (χ0n) is 19.7. The standard InChI is InChI=1S/C28H32N2O4/c1-29(24(32)9-4-18-10-13-33-16-18)21-7-6-20-22-14-19-5-8-23(31)26-25(19)28(20,27(21)34-26)11-12-30(22)15-17-2-3-17/h4-5,8-10,13,16-17,20-22,27,31H,2-3,6-7,11-12,14-15H2,1H3/p+1/b9-4+/t20-,21-,22+,27-,28-/m0/s1. The van der Waals surface area contributed by atoms with Crippen LogP contribution in [0.5, 0.6) is 11.5 Å². The Balaban J connectivity index is 1.24. The number of phenolic OH excluding ortho intramolecular Hbond substituents is 1. The molecule has 2 saturated carbocycles. The number of carbonyl (C=O) groups excluding carboxylic acids is 1. The summed E-state index contributed by atoms with van der Waals surface area (Å²) in [7, 11) is 1.91. The molecule has 6 nitrogen and oxygen atoms in total. The molecule has 2 aromatic rings. The fourth-order valence-electron chi connectivity index (χ4n) is 7.90. The summed E-state index contributed by atoms with van der Waals surface area (Å²) in [5.74, 6) is 2.39. The maximum atomic E-state index is 13.2. The highest BCUT2D eigenvalue weighted by molar-refractivity contribution is 5.91. The van der Waals surface area contributed by atoms with E-state index in [0.29, 0.717) is 17.7 Å². The first-order valence-electron chi connectivity index (χ1n) is 12.9. The van der Waals surface area contributed by atoms with Crippen molar-refractivity contribution in [3.05, 3.63) is 53.5 Å². The van der Waals surface area contributed by atoms with Gasteiger partial charge in [0.15, 0.2) is 11.5 Å². The molecule has 1 unspecified atom stereocenters. The number of ether oxygens (including phenoxy) is 1. The smallest absolute Gasteiger partial charge is 0.246 e. The van der Waals surface area contributed by atoms with Crippen molar-refractivity contribution in [1.29, 1.82) is 0 Å². The highest BCUT2D eigenvalue weighted by Gasteiger charge is 2.68. The van der Waals surface area contributed by atoms with Gasteiger partial charge in [-0.25, -0.2) is 0 Å². The number of amides is 1. The van der Waals surface area contributed by atoms with Crippen LogP contribution in [0.1, 0.15) is 48.8 Å². The van der Waals surface area contributed by atoms with Crippen molar-refractivity contribution in [2.24, 2.45) is 11.8 Å². The van der Waals surface area contributed by atoms with E-state index in [1.807, 2.05) is 24.1 Å².